The van der Waals surface area contributed by atoms with Crippen molar-refractivity contribution in [3.63, 3.8) is 0 Å². The molecule has 1 aromatic carbocycles. The first kappa shape index (κ1) is 14.8. The molecule has 1 aliphatic rings. The van der Waals surface area contributed by atoms with Gasteiger partial charge in [-0.25, -0.2) is 0 Å². The van der Waals surface area contributed by atoms with Gasteiger partial charge in [0.2, 0.25) is 0 Å². The van der Waals surface area contributed by atoms with E-state index in [0.717, 1.165) is 18.1 Å². The third kappa shape index (κ3) is 2.67. The van der Waals surface area contributed by atoms with Crippen LogP contribution in [0.2, 0.25) is 5.02 Å². The van der Waals surface area contributed by atoms with Gasteiger partial charge in [0.25, 0.3) is 0 Å². The largest absolute Gasteiger partial charge is 0.329 e. The van der Waals surface area contributed by atoms with Crippen LogP contribution in [0.5, 0.6) is 0 Å². The van der Waals surface area contributed by atoms with Crippen molar-refractivity contribution in [3.8, 4) is 0 Å². The number of hydrogen-bond acceptors (Lipinski definition) is 2. The summed E-state index contributed by atoms with van der Waals surface area (Å²) < 4.78 is 0. The minimum absolute atomic E-state index is 0.118. The lowest BCUT2D eigenvalue weighted by molar-refractivity contribution is 0.0276. The second-order valence-electron chi connectivity index (χ2n) is 6.46. The molecule has 0 saturated heterocycles. The molecule has 106 valence electrons. The molecule has 2 N–H and O–H groups in total. The van der Waals surface area contributed by atoms with Gasteiger partial charge in [-0.05, 0) is 43.0 Å². The molecule has 0 aromatic heterocycles. The monoisotopic (exact) mass is 280 g/mol. The van der Waals surface area contributed by atoms with E-state index < -0.39 is 0 Å². The maximum absolute atomic E-state index is 6.16. The fourth-order valence-electron chi connectivity index (χ4n) is 3.65. The molecule has 0 radical (unpaired) electrons. The van der Waals surface area contributed by atoms with Gasteiger partial charge in [0, 0.05) is 23.7 Å². The van der Waals surface area contributed by atoms with Crippen LogP contribution in [0.25, 0.3) is 0 Å². The Hall–Kier alpha value is -0.570. The van der Waals surface area contributed by atoms with Crippen molar-refractivity contribution < 1.29 is 0 Å². The molecule has 3 heteroatoms. The quantitative estimate of drug-likeness (QED) is 0.912. The molecule has 0 spiro atoms. The van der Waals surface area contributed by atoms with Crippen molar-refractivity contribution >= 4 is 11.6 Å². The van der Waals surface area contributed by atoms with E-state index in [1.54, 1.807) is 0 Å². The fourth-order valence-corrected chi connectivity index (χ4v) is 3.78. The normalized spacial score (nSPS) is 26.0. The van der Waals surface area contributed by atoms with E-state index in [4.69, 9.17) is 17.3 Å². The predicted octanol–water partition coefficient (Wildman–Crippen LogP) is 3.68. The molecule has 1 aliphatic carbocycles. The van der Waals surface area contributed by atoms with Crippen LogP contribution in [0.15, 0.2) is 24.3 Å². The Labute approximate surface area is 121 Å². The summed E-state index contributed by atoms with van der Waals surface area (Å²) in [5, 5.41) is 0.793. The highest BCUT2D eigenvalue weighted by Crippen LogP contribution is 2.48. The van der Waals surface area contributed by atoms with Crippen molar-refractivity contribution in [2.75, 3.05) is 13.6 Å². The first-order valence-corrected chi connectivity index (χ1v) is 7.45. The Bertz CT molecular complexity index is 427. The molecule has 19 heavy (non-hydrogen) atoms. The van der Waals surface area contributed by atoms with E-state index in [-0.39, 0.29) is 11.0 Å². The van der Waals surface area contributed by atoms with Gasteiger partial charge in [-0.1, -0.05) is 44.0 Å². The molecule has 1 aromatic rings. The van der Waals surface area contributed by atoms with E-state index >= 15 is 0 Å². The van der Waals surface area contributed by atoms with Crippen LogP contribution in [-0.4, -0.2) is 24.0 Å². The van der Waals surface area contributed by atoms with Crippen LogP contribution in [0.1, 0.15) is 38.7 Å². The van der Waals surface area contributed by atoms with Gasteiger partial charge < -0.3 is 5.73 Å². The number of halogens is 1. The zero-order valence-corrected chi connectivity index (χ0v) is 13.0. The molecule has 0 heterocycles. The summed E-state index contributed by atoms with van der Waals surface area (Å²) in [6.45, 7) is 6.36. The van der Waals surface area contributed by atoms with Gasteiger partial charge in [-0.2, -0.15) is 0 Å². The molecule has 2 nitrogen and oxygen atoms in total. The second kappa shape index (κ2) is 5.43. The van der Waals surface area contributed by atoms with Crippen molar-refractivity contribution in [2.24, 2.45) is 11.1 Å². The number of hydrogen-bond donors (Lipinski definition) is 1. The average molecular weight is 281 g/mol. The minimum atomic E-state index is 0.118. The lowest BCUT2D eigenvalue weighted by Crippen LogP contribution is -2.57. The molecular formula is C16H25ClN2. The van der Waals surface area contributed by atoms with Crippen molar-refractivity contribution in [1.29, 1.82) is 0 Å². The zero-order valence-electron chi connectivity index (χ0n) is 12.2. The molecule has 1 fully saturated rings. The van der Waals surface area contributed by atoms with Crippen molar-refractivity contribution in [2.45, 2.75) is 45.2 Å². The number of rotatable bonds is 4. The summed E-state index contributed by atoms with van der Waals surface area (Å²) in [7, 11) is 2.20. The van der Waals surface area contributed by atoms with Crippen molar-refractivity contribution in [3.05, 3.63) is 34.9 Å². The van der Waals surface area contributed by atoms with E-state index in [1.165, 1.54) is 24.8 Å². The predicted molar refractivity (Wildman–Crippen MR) is 82.3 cm³/mol. The highest BCUT2D eigenvalue weighted by molar-refractivity contribution is 6.30. The lowest BCUT2D eigenvalue weighted by Gasteiger charge is -2.48. The van der Waals surface area contributed by atoms with Gasteiger partial charge in [-0.3, -0.25) is 4.90 Å². The minimum Gasteiger partial charge on any atom is -0.329 e. The third-order valence-corrected chi connectivity index (χ3v) is 5.31. The Morgan fingerprint density at radius 1 is 1.21 bits per heavy atom. The molecule has 2 rings (SSSR count). The van der Waals surface area contributed by atoms with Crippen LogP contribution in [0.4, 0.5) is 0 Å². The lowest BCUT2D eigenvalue weighted by atomic mass is 9.73. The summed E-state index contributed by atoms with van der Waals surface area (Å²) in [4.78, 5) is 2.45. The smallest absolute Gasteiger partial charge is 0.0406 e. The topological polar surface area (TPSA) is 29.3 Å². The summed E-state index contributed by atoms with van der Waals surface area (Å²) in [6, 6.07) is 8.12. The van der Waals surface area contributed by atoms with Crippen LogP contribution in [0, 0.1) is 5.41 Å². The van der Waals surface area contributed by atoms with E-state index in [0.29, 0.717) is 0 Å². The molecular weight excluding hydrogens is 256 g/mol. The first-order valence-electron chi connectivity index (χ1n) is 7.07. The zero-order chi connectivity index (χ0) is 14.1. The Morgan fingerprint density at radius 3 is 2.32 bits per heavy atom. The Kier molecular flexibility index (Phi) is 4.24. The summed E-state index contributed by atoms with van der Waals surface area (Å²) in [5.74, 6) is 0. The molecule has 0 amide bonds. The second-order valence-corrected chi connectivity index (χ2v) is 6.89. The summed E-state index contributed by atoms with van der Waals surface area (Å²) in [6.07, 6.45) is 3.73. The summed E-state index contributed by atoms with van der Waals surface area (Å²) >= 11 is 5.94. The number of likely N-dealkylation sites (N-methyl/N-ethyl adjacent to an activating group) is 1. The Balaban J connectivity index is 2.18. The Morgan fingerprint density at radius 2 is 1.84 bits per heavy atom. The van der Waals surface area contributed by atoms with Crippen LogP contribution >= 0.6 is 11.6 Å². The van der Waals surface area contributed by atoms with Crippen LogP contribution in [-0.2, 0) is 6.54 Å². The first-order chi connectivity index (χ1) is 8.91. The fraction of sp³-hybridized carbons (Fsp3) is 0.625. The molecule has 1 unspecified atom stereocenters. The SMILES string of the molecule is CN(Cc1ccc(Cl)cc1)C1(CN)CCCC1(C)C. The number of nitrogens with zero attached hydrogens (tertiary/aromatic N) is 1. The van der Waals surface area contributed by atoms with E-state index in [9.17, 15) is 0 Å². The third-order valence-electron chi connectivity index (χ3n) is 5.05. The van der Waals surface area contributed by atoms with Gasteiger partial charge in [0.1, 0.15) is 0 Å². The maximum atomic E-state index is 6.16. The highest BCUT2D eigenvalue weighted by Gasteiger charge is 2.50. The van der Waals surface area contributed by atoms with Crippen LogP contribution in [0.3, 0.4) is 0 Å². The van der Waals surface area contributed by atoms with Gasteiger partial charge >= 0.3 is 0 Å². The molecule has 1 atom stereocenters. The van der Waals surface area contributed by atoms with Gasteiger partial charge in [-0.15, -0.1) is 0 Å². The molecule has 1 saturated carbocycles. The van der Waals surface area contributed by atoms with Gasteiger partial charge in [0.05, 0.1) is 0 Å². The average Bonchev–Trinajstić information content (AvgIpc) is 2.68. The van der Waals surface area contributed by atoms with Gasteiger partial charge in [0.15, 0.2) is 0 Å². The molecule has 0 aliphatic heterocycles. The number of benzene rings is 1. The van der Waals surface area contributed by atoms with Crippen molar-refractivity contribution in [1.82, 2.24) is 4.90 Å². The van der Waals surface area contributed by atoms with E-state index in [2.05, 4.69) is 37.9 Å². The maximum Gasteiger partial charge on any atom is 0.0406 e. The standard InChI is InChI=1S/C16H25ClN2/c1-15(2)9-4-10-16(15,12-18)19(3)11-13-5-7-14(17)8-6-13/h5-8H,4,9-12,18H2,1-3H3. The molecule has 0 bridgehead atoms. The van der Waals surface area contributed by atoms with Crippen LogP contribution < -0.4 is 5.73 Å². The summed E-state index contributed by atoms with van der Waals surface area (Å²) in [5.41, 5.74) is 7.85. The van der Waals surface area contributed by atoms with E-state index in [1.807, 2.05) is 12.1 Å². The highest BCUT2D eigenvalue weighted by atomic mass is 35.5. The number of nitrogens with two attached hydrogens (primary N) is 1.